The Morgan fingerprint density at radius 3 is 2.68 bits per heavy atom. The second-order valence-electron chi connectivity index (χ2n) is 6.37. The van der Waals surface area contributed by atoms with Gasteiger partial charge in [0.15, 0.2) is 0 Å². The minimum atomic E-state index is -3.67. The normalized spacial score (nSPS) is 15.5. The number of carbonyl (C=O) groups excluding carboxylic acids is 1. The molecule has 0 radical (unpaired) electrons. The number of carbonyl (C=O) groups is 1. The summed E-state index contributed by atoms with van der Waals surface area (Å²) in [4.78, 5) is 14.5. The lowest BCUT2D eigenvalue weighted by Crippen LogP contribution is -2.32. The van der Waals surface area contributed by atoms with E-state index in [0.29, 0.717) is 22.5 Å². The molecular weight excluding hydrogens is 408 g/mol. The van der Waals surface area contributed by atoms with Crippen LogP contribution in [0, 0.1) is 5.92 Å². The Morgan fingerprint density at radius 1 is 1.36 bits per heavy atom. The van der Waals surface area contributed by atoms with Gasteiger partial charge in [0.25, 0.3) is 5.91 Å². The first-order valence-corrected chi connectivity index (χ1v) is 10.7. The monoisotopic (exact) mass is 432 g/mol. The third-order valence-electron chi connectivity index (χ3n) is 4.43. The highest BCUT2D eigenvalue weighted by molar-refractivity contribution is 9.10. The van der Waals surface area contributed by atoms with Gasteiger partial charge in [-0.05, 0) is 52.9 Å². The SMILES string of the molecule is COCCNS(=O)(=O)c1ccc(Br)c(C(=O)N(C)CC2CCCC2)c1. The lowest BCUT2D eigenvalue weighted by Gasteiger charge is -2.22. The molecule has 1 aliphatic carbocycles. The van der Waals surface area contributed by atoms with Gasteiger partial charge < -0.3 is 9.64 Å². The summed E-state index contributed by atoms with van der Waals surface area (Å²) in [7, 11) is -0.401. The van der Waals surface area contributed by atoms with Gasteiger partial charge in [0.1, 0.15) is 0 Å². The van der Waals surface area contributed by atoms with Crippen molar-refractivity contribution in [2.24, 2.45) is 5.92 Å². The highest BCUT2D eigenvalue weighted by Gasteiger charge is 2.23. The fourth-order valence-corrected chi connectivity index (χ4v) is 4.52. The van der Waals surface area contributed by atoms with E-state index in [1.54, 1.807) is 18.0 Å². The number of methoxy groups -OCH3 is 1. The van der Waals surface area contributed by atoms with Crippen molar-refractivity contribution in [3.8, 4) is 0 Å². The molecule has 0 atom stereocenters. The van der Waals surface area contributed by atoms with Gasteiger partial charge in [-0.2, -0.15) is 0 Å². The van der Waals surface area contributed by atoms with E-state index >= 15 is 0 Å². The lowest BCUT2D eigenvalue weighted by atomic mass is 10.1. The molecule has 140 valence electrons. The number of nitrogens with zero attached hydrogens (tertiary/aromatic N) is 1. The number of hydrogen-bond acceptors (Lipinski definition) is 4. The molecule has 1 N–H and O–H groups in total. The number of ether oxygens (including phenoxy) is 1. The molecule has 1 amide bonds. The first-order valence-electron chi connectivity index (χ1n) is 8.38. The van der Waals surface area contributed by atoms with Crippen LogP contribution in [0.3, 0.4) is 0 Å². The zero-order valence-electron chi connectivity index (χ0n) is 14.6. The summed E-state index contributed by atoms with van der Waals surface area (Å²) in [6, 6.07) is 4.50. The minimum Gasteiger partial charge on any atom is -0.383 e. The van der Waals surface area contributed by atoms with E-state index in [1.165, 1.54) is 32.1 Å². The molecular formula is C17H25BrN2O4S. The summed E-state index contributed by atoms with van der Waals surface area (Å²) in [5.74, 6) is 0.364. The predicted octanol–water partition coefficient (Wildman–Crippen LogP) is 2.64. The summed E-state index contributed by atoms with van der Waals surface area (Å²) < 4.78 is 32.6. The van der Waals surface area contributed by atoms with Crippen LogP contribution in [0.5, 0.6) is 0 Å². The second kappa shape index (κ2) is 9.12. The van der Waals surface area contributed by atoms with Crippen molar-refractivity contribution in [1.82, 2.24) is 9.62 Å². The van der Waals surface area contributed by atoms with Gasteiger partial charge in [-0.15, -0.1) is 0 Å². The van der Waals surface area contributed by atoms with E-state index in [4.69, 9.17) is 4.74 Å². The van der Waals surface area contributed by atoms with Crippen molar-refractivity contribution in [2.75, 3.05) is 33.9 Å². The Kier molecular flexibility index (Phi) is 7.42. The van der Waals surface area contributed by atoms with E-state index in [9.17, 15) is 13.2 Å². The van der Waals surface area contributed by atoms with Gasteiger partial charge in [0.2, 0.25) is 10.0 Å². The van der Waals surface area contributed by atoms with Crippen LogP contribution in [0.4, 0.5) is 0 Å². The molecule has 0 aromatic heterocycles. The molecule has 1 saturated carbocycles. The summed E-state index contributed by atoms with van der Waals surface area (Å²) in [6.45, 7) is 1.17. The van der Waals surface area contributed by atoms with Crippen molar-refractivity contribution in [1.29, 1.82) is 0 Å². The highest BCUT2D eigenvalue weighted by Crippen LogP contribution is 2.27. The summed E-state index contributed by atoms with van der Waals surface area (Å²) in [6.07, 6.45) is 4.74. The highest BCUT2D eigenvalue weighted by atomic mass is 79.9. The molecule has 25 heavy (non-hydrogen) atoms. The molecule has 1 fully saturated rings. The first-order chi connectivity index (χ1) is 11.8. The van der Waals surface area contributed by atoms with Gasteiger partial charge in [0, 0.05) is 31.7 Å². The maximum Gasteiger partial charge on any atom is 0.254 e. The standard InChI is InChI=1S/C17H25BrN2O4S/c1-20(12-13-5-3-4-6-13)17(21)15-11-14(7-8-16(15)18)25(22,23)19-9-10-24-2/h7-8,11,13,19H,3-6,9-10,12H2,1-2H3. The van der Waals surface area contributed by atoms with E-state index in [0.717, 1.165) is 12.8 Å². The smallest absolute Gasteiger partial charge is 0.254 e. The fourth-order valence-electron chi connectivity index (χ4n) is 3.07. The van der Waals surface area contributed by atoms with Crippen LogP contribution in [0.2, 0.25) is 0 Å². The van der Waals surface area contributed by atoms with E-state index in [-0.39, 0.29) is 24.0 Å². The van der Waals surface area contributed by atoms with Crippen molar-refractivity contribution >= 4 is 31.9 Å². The van der Waals surface area contributed by atoms with Crippen molar-refractivity contribution in [3.63, 3.8) is 0 Å². The zero-order valence-corrected chi connectivity index (χ0v) is 17.0. The average molecular weight is 433 g/mol. The second-order valence-corrected chi connectivity index (χ2v) is 8.99. The third kappa shape index (κ3) is 5.51. The molecule has 2 rings (SSSR count). The van der Waals surface area contributed by atoms with Gasteiger partial charge in [-0.3, -0.25) is 4.79 Å². The molecule has 0 saturated heterocycles. The molecule has 0 heterocycles. The number of sulfonamides is 1. The molecule has 1 aromatic carbocycles. The van der Waals surface area contributed by atoms with Crippen molar-refractivity contribution < 1.29 is 17.9 Å². The van der Waals surface area contributed by atoms with Crippen molar-refractivity contribution in [2.45, 2.75) is 30.6 Å². The topological polar surface area (TPSA) is 75.7 Å². The van der Waals surface area contributed by atoms with E-state index in [1.807, 2.05) is 0 Å². The van der Waals surface area contributed by atoms with Gasteiger partial charge >= 0.3 is 0 Å². The van der Waals surface area contributed by atoms with Gasteiger partial charge in [0.05, 0.1) is 17.1 Å². The summed E-state index contributed by atoms with van der Waals surface area (Å²) in [5.41, 5.74) is 0.357. The van der Waals surface area contributed by atoms with Gasteiger partial charge in [-0.1, -0.05) is 12.8 Å². The number of nitrogens with one attached hydrogen (secondary N) is 1. The number of hydrogen-bond donors (Lipinski definition) is 1. The van der Waals surface area contributed by atoms with Crippen LogP contribution in [0.15, 0.2) is 27.6 Å². The number of rotatable bonds is 8. The summed E-state index contributed by atoms with van der Waals surface area (Å²) >= 11 is 3.36. The maximum atomic E-state index is 12.8. The Morgan fingerprint density at radius 2 is 2.04 bits per heavy atom. The number of halogens is 1. The Labute approximate surface area is 158 Å². The maximum absolute atomic E-state index is 12.8. The number of benzene rings is 1. The van der Waals surface area contributed by atoms with Crippen LogP contribution in [-0.4, -0.2) is 53.1 Å². The fraction of sp³-hybridized carbons (Fsp3) is 0.588. The molecule has 0 bridgehead atoms. The zero-order chi connectivity index (χ0) is 18.4. The molecule has 0 aliphatic heterocycles. The summed E-state index contributed by atoms with van der Waals surface area (Å²) in [5, 5.41) is 0. The first kappa shape index (κ1) is 20.4. The minimum absolute atomic E-state index is 0.0735. The van der Waals surface area contributed by atoms with Crippen LogP contribution in [-0.2, 0) is 14.8 Å². The lowest BCUT2D eigenvalue weighted by molar-refractivity contribution is 0.0772. The quantitative estimate of drug-likeness (QED) is 0.640. The third-order valence-corrected chi connectivity index (χ3v) is 6.58. The molecule has 6 nitrogen and oxygen atoms in total. The molecule has 1 aromatic rings. The van der Waals surface area contributed by atoms with Crippen LogP contribution >= 0.6 is 15.9 Å². The average Bonchev–Trinajstić information content (AvgIpc) is 3.07. The van der Waals surface area contributed by atoms with E-state index < -0.39 is 10.0 Å². The predicted molar refractivity (Wildman–Crippen MR) is 100 cm³/mol. The van der Waals surface area contributed by atoms with Crippen molar-refractivity contribution in [3.05, 3.63) is 28.2 Å². The largest absolute Gasteiger partial charge is 0.383 e. The van der Waals surface area contributed by atoms with E-state index in [2.05, 4.69) is 20.7 Å². The molecule has 8 heteroatoms. The van der Waals surface area contributed by atoms with Crippen LogP contribution in [0.25, 0.3) is 0 Å². The number of amides is 1. The van der Waals surface area contributed by atoms with Crippen LogP contribution < -0.4 is 4.72 Å². The molecule has 0 spiro atoms. The Hall–Kier alpha value is -0.960. The van der Waals surface area contributed by atoms with Gasteiger partial charge in [-0.25, -0.2) is 13.1 Å². The molecule has 0 unspecified atom stereocenters. The molecule has 1 aliphatic rings. The Bertz CT molecular complexity index is 703. The van der Waals surface area contributed by atoms with Crippen LogP contribution in [0.1, 0.15) is 36.0 Å². The Balaban J connectivity index is 2.15.